The van der Waals surface area contributed by atoms with Gasteiger partial charge in [-0.2, -0.15) is 0 Å². The summed E-state index contributed by atoms with van der Waals surface area (Å²) in [6.45, 7) is 4.45. The molecule has 0 aromatic heterocycles. The van der Waals surface area contributed by atoms with Crippen molar-refractivity contribution in [2.45, 2.75) is 19.4 Å². The Bertz CT molecular complexity index is 746. The highest BCUT2D eigenvalue weighted by atomic mass is 19.1. The molecular formula is C19H25FN4O3. The average Bonchev–Trinajstić information content (AvgIpc) is 2.98. The minimum atomic E-state index is -0.593. The van der Waals surface area contributed by atoms with E-state index in [-0.39, 0.29) is 24.7 Å². The van der Waals surface area contributed by atoms with Gasteiger partial charge in [-0.3, -0.25) is 9.69 Å². The van der Waals surface area contributed by atoms with Crippen LogP contribution < -0.4 is 20.9 Å². The van der Waals surface area contributed by atoms with Crippen LogP contribution in [0.5, 0.6) is 0 Å². The minimum Gasteiger partial charge on any atom is -0.442 e. The normalized spacial score (nSPS) is 28.9. The van der Waals surface area contributed by atoms with Gasteiger partial charge in [0.05, 0.1) is 18.8 Å². The van der Waals surface area contributed by atoms with Crippen LogP contribution in [0.2, 0.25) is 0 Å². The molecule has 2 heterocycles. The van der Waals surface area contributed by atoms with E-state index in [4.69, 9.17) is 10.5 Å². The number of fused-ring (bicyclic) bond motifs is 1. The van der Waals surface area contributed by atoms with Crippen molar-refractivity contribution in [3.8, 4) is 0 Å². The molecule has 27 heavy (non-hydrogen) atoms. The molecule has 3 fully saturated rings. The maximum absolute atomic E-state index is 14.7. The summed E-state index contributed by atoms with van der Waals surface area (Å²) < 4.78 is 19.9. The highest BCUT2D eigenvalue weighted by Gasteiger charge is 2.54. The summed E-state index contributed by atoms with van der Waals surface area (Å²) in [5.41, 5.74) is 6.70. The van der Waals surface area contributed by atoms with Gasteiger partial charge in [0.25, 0.3) is 0 Å². The fourth-order valence-corrected chi connectivity index (χ4v) is 4.47. The summed E-state index contributed by atoms with van der Waals surface area (Å²) in [4.78, 5) is 26.6. The lowest BCUT2D eigenvalue weighted by Crippen LogP contribution is -2.33. The highest BCUT2D eigenvalue weighted by Crippen LogP contribution is 2.54. The van der Waals surface area contributed by atoms with Crippen molar-refractivity contribution in [1.82, 2.24) is 5.32 Å². The predicted octanol–water partition coefficient (Wildman–Crippen LogP) is 1.32. The lowest BCUT2D eigenvalue weighted by atomic mass is 10.1. The average molecular weight is 376 g/mol. The van der Waals surface area contributed by atoms with E-state index in [0.717, 1.165) is 37.7 Å². The number of rotatable bonds is 6. The number of nitrogens with one attached hydrogen (secondary N) is 1. The van der Waals surface area contributed by atoms with Gasteiger partial charge in [0.2, 0.25) is 5.91 Å². The number of carbonyl (C=O) groups is 2. The second kappa shape index (κ2) is 6.99. The van der Waals surface area contributed by atoms with Crippen molar-refractivity contribution >= 4 is 23.4 Å². The molecule has 2 amide bonds. The predicted molar refractivity (Wildman–Crippen MR) is 99.1 cm³/mol. The van der Waals surface area contributed by atoms with Crippen molar-refractivity contribution in [3.05, 3.63) is 24.0 Å². The lowest BCUT2D eigenvalue weighted by molar-refractivity contribution is -0.119. The number of hydrogen-bond acceptors (Lipinski definition) is 5. The van der Waals surface area contributed by atoms with E-state index in [1.807, 2.05) is 6.07 Å². The van der Waals surface area contributed by atoms with Crippen molar-refractivity contribution in [3.63, 3.8) is 0 Å². The number of anilines is 2. The zero-order valence-corrected chi connectivity index (χ0v) is 15.4. The Kier molecular flexibility index (Phi) is 4.67. The van der Waals surface area contributed by atoms with Crippen LogP contribution >= 0.6 is 0 Å². The van der Waals surface area contributed by atoms with E-state index in [2.05, 4.69) is 10.2 Å². The van der Waals surface area contributed by atoms with E-state index in [0.29, 0.717) is 11.8 Å². The maximum Gasteiger partial charge on any atom is 0.414 e. The zero-order chi connectivity index (χ0) is 19.1. The summed E-state index contributed by atoms with van der Waals surface area (Å²) >= 11 is 0. The van der Waals surface area contributed by atoms with Crippen molar-refractivity contribution in [1.29, 1.82) is 0 Å². The van der Waals surface area contributed by atoms with Gasteiger partial charge in [0, 0.05) is 25.7 Å². The fourth-order valence-electron chi connectivity index (χ4n) is 4.47. The van der Waals surface area contributed by atoms with Crippen LogP contribution in [-0.4, -0.2) is 50.8 Å². The molecule has 1 saturated carbocycles. The Hall–Kier alpha value is -2.35. The van der Waals surface area contributed by atoms with Gasteiger partial charge in [0.15, 0.2) is 0 Å². The number of benzene rings is 1. The molecule has 7 nitrogen and oxygen atoms in total. The van der Waals surface area contributed by atoms with Crippen LogP contribution in [0.1, 0.15) is 13.3 Å². The van der Waals surface area contributed by atoms with E-state index >= 15 is 0 Å². The van der Waals surface area contributed by atoms with E-state index in [1.54, 1.807) is 6.07 Å². The molecule has 4 atom stereocenters. The van der Waals surface area contributed by atoms with Gasteiger partial charge < -0.3 is 20.7 Å². The van der Waals surface area contributed by atoms with Crippen LogP contribution in [0.25, 0.3) is 0 Å². The number of ether oxygens (including phenoxy) is 1. The van der Waals surface area contributed by atoms with E-state index < -0.39 is 18.0 Å². The number of nitrogens with zero attached hydrogens (tertiary/aromatic N) is 2. The smallest absolute Gasteiger partial charge is 0.414 e. The van der Waals surface area contributed by atoms with Gasteiger partial charge in [-0.15, -0.1) is 0 Å². The quantitative estimate of drug-likeness (QED) is 0.782. The molecule has 2 saturated heterocycles. The minimum absolute atomic E-state index is 0.197. The Balaban J connectivity index is 1.39. The molecule has 4 rings (SSSR count). The molecule has 3 aliphatic rings. The van der Waals surface area contributed by atoms with Gasteiger partial charge >= 0.3 is 6.09 Å². The largest absolute Gasteiger partial charge is 0.442 e. The summed E-state index contributed by atoms with van der Waals surface area (Å²) in [7, 11) is 0. The van der Waals surface area contributed by atoms with Crippen LogP contribution in [0.3, 0.4) is 0 Å². The number of cyclic esters (lactones) is 1. The molecule has 1 aromatic carbocycles. The third kappa shape index (κ3) is 3.45. The standard InChI is InChI=1S/C19H25FN4O3/c1-11(25)22-7-13-8-24(19(26)27-13)18-3-2-12(6-17(18)20)23-9-15-14(4-5-21)16(15)10-23/h2-3,6,13-16H,4-5,7-10,21H2,1H3,(H,22,25)/t13-,14?,15-,16+/m0/s1. The molecule has 8 heteroatoms. The maximum atomic E-state index is 14.7. The second-order valence-corrected chi connectivity index (χ2v) is 7.66. The number of amides is 2. The third-order valence-corrected chi connectivity index (χ3v) is 5.91. The third-order valence-electron chi connectivity index (χ3n) is 5.91. The number of piperidine rings is 1. The van der Waals surface area contributed by atoms with E-state index in [1.165, 1.54) is 17.9 Å². The molecule has 0 spiro atoms. The number of nitrogens with two attached hydrogens (primary N) is 1. The number of carbonyl (C=O) groups excluding carboxylic acids is 2. The van der Waals surface area contributed by atoms with Crippen LogP contribution in [0, 0.1) is 23.6 Å². The van der Waals surface area contributed by atoms with Gasteiger partial charge in [0.1, 0.15) is 11.9 Å². The first kappa shape index (κ1) is 18.0. The molecule has 1 unspecified atom stereocenters. The molecule has 1 aromatic rings. The summed E-state index contributed by atoms with van der Waals surface area (Å²) in [5.74, 6) is 1.45. The van der Waals surface area contributed by atoms with Crippen LogP contribution in [-0.2, 0) is 9.53 Å². The van der Waals surface area contributed by atoms with Crippen molar-refractivity contribution < 1.29 is 18.7 Å². The highest BCUT2D eigenvalue weighted by molar-refractivity contribution is 5.90. The molecule has 0 bridgehead atoms. The molecule has 2 aliphatic heterocycles. The molecule has 146 valence electrons. The summed E-state index contributed by atoms with van der Waals surface area (Å²) in [6.07, 6.45) is 0.00223. The van der Waals surface area contributed by atoms with E-state index in [9.17, 15) is 14.0 Å². The zero-order valence-electron chi connectivity index (χ0n) is 15.4. The first-order chi connectivity index (χ1) is 13.0. The number of hydrogen-bond donors (Lipinski definition) is 2. The Morgan fingerprint density at radius 1 is 1.33 bits per heavy atom. The summed E-state index contributed by atoms with van der Waals surface area (Å²) in [6, 6.07) is 4.98. The Labute approximate surface area is 157 Å². The topological polar surface area (TPSA) is 87.9 Å². The van der Waals surface area contributed by atoms with Crippen molar-refractivity contribution in [2.75, 3.05) is 42.5 Å². The molecule has 3 N–H and O–H groups in total. The van der Waals surface area contributed by atoms with Crippen molar-refractivity contribution in [2.24, 2.45) is 23.5 Å². The lowest BCUT2D eigenvalue weighted by Gasteiger charge is -2.23. The van der Waals surface area contributed by atoms with Gasteiger partial charge in [-0.05, 0) is 48.9 Å². The van der Waals surface area contributed by atoms with Crippen LogP contribution in [0.15, 0.2) is 18.2 Å². The Morgan fingerprint density at radius 3 is 2.70 bits per heavy atom. The fraction of sp³-hybridized carbons (Fsp3) is 0.579. The Morgan fingerprint density at radius 2 is 2.07 bits per heavy atom. The summed E-state index contributed by atoms with van der Waals surface area (Å²) in [5, 5.41) is 2.61. The SMILES string of the molecule is CC(=O)NC[C@H]1CN(c2ccc(N3C[C@@H]4C(CCN)[C@@H]4C3)cc2F)C(=O)O1. The van der Waals surface area contributed by atoms with Gasteiger partial charge in [-0.25, -0.2) is 9.18 Å². The monoisotopic (exact) mass is 376 g/mol. The molecule has 1 aliphatic carbocycles. The second-order valence-electron chi connectivity index (χ2n) is 7.66. The van der Waals surface area contributed by atoms with Gasteiger partial charge in [-0.1, -0.05) is 0 Å². The molecule has 0 radical (unpaired) electrons. The molecular weight excluding hydrogens is 351 g/mol. The first-order valence-electron chi connectivity index (χ1n) is 9.45. The first-order valence-corrected chi connectivity index (χ1v) is 9.45. The van der Waals surface area contributed by atoms with Crippen LogP contribution in [0.4, 0.5) is 20.6 Å². The number of halogens is 1.